The van der Waals surface area contributed by atoms with Gasteiger partial charge < -0.3 is 5.32 Å². The maximum absolute atomic E-state index is 3.54. The Balaban J connectivity index is 1.52. The molecule has 0 amide bonds. The van der Waals surface area contributed by atoms with Crippen molar-refractivity contribution in [3.05, 3.63) is 71.3 Å². The van der Waals surface area contributed by atoms with Crippen LogP contribution in [0.2, 0.25) is 0 Å². The lowest BCUT2D eigenvalue weighted by molar-refractivity contribution is 0.622. The molecule has 0 aliphatic rings. The van der Waals surface area contributed by atoms with Gasteiger partial charge in [0.25, 0.3) is 0 Å². The summed E-state index contributed by atoms with van der Waals surface area (Å²) < 4.78 is 0. The van der Waals surface area contributed by atoms with Crippen LogP contribution in [0.5, 0.6) is 0 Å². The van der Waals surface area contributed by atoms with Crippen LogP contribution in [0.3, 0.4) is 0 Å². The molecule has 20 heavy (non-hydrogen) atoms. The first-order valence-corrected chi connectivity index (χ1v) is 7.65. The fraction of sp³-hybridized carbons (Fsp3) is 0.368. The van der Waals surface area contributed by atoms with Gasteiger partial charge in [0.15, 0.2) is 0 Å². The van der Waals surface area contributed by atoms with E-state index in [0.29, 0.717) is 0 Å². The van der Waals surface area contributed by atoms with Crippen LogP contribution in [0.4, 0.5) is 0 Å². The summed E-state index contributed by atoms with van der Waals surface area (Å²) in [5.41, 5.74) is 4.24. The minimum atomic E-state index is 1.08. The van der Waals surface area contributed by atoms with E-state index in [4.69, 9.17) is 0 Å². The molecule has 0 spiro atoms. The Morgan fingerprint density at radius 3 is 2.35 bits per heavy atom. The van der Waals surface area contributed by atoms with Gasteiger partial charge in [-0.2, -0.15) is 0 Å². The summed E-state index contributed by atoms with van der Waals surface area (Å²) in [7, 11) is 0. The molecule has 2 rings (SSSR count). The van der Waals surface area contributed by atoms with E-state index in [9.17, 15) is 0 Å². The molecule has 0 saturated carbocycles. The number of benzene rings is 2. The molecule has 0 radical (unpaired) electrons. The van der Waals surface area contributed by atoms with Gasteiger partial charge in [0.1, 0.15) is 0 Å². The van der Waals surface area contributed by atoms with E-state index in [1.807, 2.05) is 0 Å². The number of nitrogens with one attached hydrogen (secondary N) is 1. The van der Waals surface area contributed by atoms with Crippen molar-refractivity contribution in [2.24, 2.45) is 0 Å². The van der Waals surface area contributed by atoms with Crippen LogP contribution in [-0.2, 0) is 12.8 Å². The van der Waals surface area contributed by atoms with Crippen molar-refractivity contribution in [3.63, 3.8) is 0 Å². The Kier molecular flexibility index (Phi) is 6.33. The Morgan fingerprint density at radius 2 is 1.55 bits per heavy atom. The molecule has 2 aromatic rings. The molecule has 0 aliphatic heterocycles. The third-order valence-corrected chi connectivity index (χ3v) is 3.58. The largest absolute Gasteiger partial charge is 0.316 e. The summed E-state index contributed by atoms with van der Waals surface area (Å²) in [5.74, 6) is 0. The van der Waals surface area contributed by atoms with Crippen molar-refractivity contribution < 1.29 is 0 Å². The molecular formula is C19H25N. The van der Waals surface area contributed by atoms with Gasteiger partial charge in [0.2, 0.25) is 0 Å². The van der Waals surface area contributed by atoms with Gasteiger partial charge in [-0.05, 0) is 56.8 Å². The molecule has 0 bridgehead atoms. The van der Waals surface area contributed by atoms with Gasteiger partial charge in [0.05, 0.1) is 0 Å². The van der Waals surface area contributed by atoms with Crippen LogP contribution < -0.4 is 5.32 Å². The van der Waals surface area contributed by atoms with Crippen LogP contribution in [0.15, 0.2) is 54.6 Å². The Morgan fingerprint density at radius 1 is 0.750 bits per heavy atom. The zero-order valence-corrected chi connectivity index (χ0v) is 12.4. The Labute approximate surface area is 123 Å². The third-order valence-electron chi connectivity index (χ3n) is 3.58. The Bertz CT molecular complexity index is 490. The number of aryl methyl sites for hydroxylation is 2. The van der Waals surface area contributed by atoms with Crippen molar-refractivity contribution >= 4 is 0 Å². The molecule has 0 saturated heterocycles. The minimum Gasteiger partial charge on any atom is -0.316 e. The maximum Gasteiger partial charge on any atom is -0.000835 e. The van der Waals surface area contributed by atoms with Crippen molar-refractivity contribution in [1.29, 1.82) is 0 Å². The summed E-state index contributed by atoms with van der Waals surface area (Å²) in [6.07, 6.45) is 4.84. The summed E-state index contributed by atoms with van der Waals surface area (Å²) in [4.78, 5) is 0. The lowest BCUT2D eigenvalue weighted by atomic mass is 10.1. The van der Waals surface area contributed by atoms with Crippen LogP contribution >= 0.6 is 0 Å². The zero-order chi connectivity index (χ0) is 14.0. The summed E-state index contributed by atoms with van der Waals surface area (Å²) in [6.45, 7) is 4.36. The summed E-state index contributed by atoms with van der Waals surface area (Å²) >= 11 is 0. The second-order valence-electron chi connectivity index (χ2n) is 5.43. The topological polar surface area (TPSA) is 12.0 Å². The predicted molar refractivity (Wildman–Crippen MR) is 87.1 cm³/mol. The van der Waals surface area contributed by atoms with Crippen molar-refractivity contribution in [2.75, 3.05) is 13.1 Å². The average molecular weight is 267 g/mol. The zero-order valence-electron chi connectivity index (χ0n) is 12.4. The van der Waals surface area contributed by atoms with E-state index >= 15 is 0 Å². The third kappa shape index (κ3) is 5.58. The first kappa shape index (κ1) is 14.8. The standard InChI is InChI=1S/C19H25N/c1-17-8-7-12-19(16-17)13-15-20-14-6-5-11-18-9-3-2-4-10-18/h2-4,7-10,12,16,20H,5-6,11,13-15H2,1H3. The smallest absolute Gasteiger partial charge is 0.000835 e. The van der Waals surface area contributed by atoms with Crippen LogP contribution in [-0.4, -0.2) is 13.1 Å². The molecule has 0 fully saturated rings. The van der Waals surface area contributed by atoms with Crippen LogP contribution in [0, 0.1) is 6.92 Å². The van der Waals surface area contributed by atoms with Gasteiger partial charge in [-0.15, -0.1) is 0 Å². The highest BCUT2D eigenvalue weighted by molar-refractivity contribution is 5.22. The summed E-state index contributed by atoms with van der Waals surface area (Å²) in [5, 5.41) is 3.54. The first-order chi connectivity index (χ1) is 9.84. The van der Waals surface area contributed by atoms with Crippen molar-refractivity contribution in [2.45, 2.75) is 32.6 Å². The van der Waals surface area contributed by atoms with E-state index in [-0.39, 0.29) is 0 Å². The van der Waals surface area contributed by atoms with Gasteiger partial charge in [-0.25, -0.2) is 0 Å². The fourth-order valence-corrected chi connectivity index (χ4v) is 2.45. The number of hydrogen-bond donors (Lipinski definition) is 1. The summed E-state index contributed by atoms with van der Waals surface area (Å²) in [6, 6.07) is 19.5. The molecule has 0 unspecified atom stereocenters. The second-order valence-corrected chi connectivity index (χ2v) is 5.43. The van der Waals surface area contributed by atoms with Gasteiger partial charge in [-0.1, -0.05) is 60.2 Å². The highest BCUT2D eigenvalue weighted by atomic mass is 14.8. The highest BCUT2D eigenvalue weighted by Crippen LogP contribution is 2.05. The Hall–Kier alpha value is -1.60. The molecule has 106 valence electrons. The number of unbranched alkanes of at least 4 members (excludes halogenated alkanes) is 1. The van der Waals surface area contributed by atoms with Gasteiger partial charge in [-0.3, -0.25) is 0 Å². The van der Waals surface area contributed by atoms with E-state index in [2.05, 4.69) is 66.8 Å². The van der Waals surface area contributed by atoms with E-state index in [1.54, 1.807) is 0 Å². The quantitative estimate of drug-likeness (QED) is 0.708. The van der Waals surface area contributed by atoms with E-state index < -0.39 is 0 Å². The van der Waals surface area contributed by atoms with Crippen molar-refractivity contribution in [3.8, 4) is 0 Å². The second kappa shape index (κ2) is 8.55. The van der Waals surface area contributed by atoms with Gasteiger partial charge in [0, 0.05) is 0 Å². The predicted octanol–water partition coefficient (Wildman–Crippen LogP) is 4.15. The molecule has 0 aromatic heterocycles. The lowest BCUT2D eigenvalue weighted by Crippen LogP contribution is -2.18. The fourth-order valence-electron chi connectivity index (χ4n) is 2.45. The van der Waals surface area contributed by atoms with Crippen LogP contribution in [0.1, 0.15) is 29.5 Å². The molecule has 1 N–H and O–H groups in total. The van der Waals surface area contributed by atoms with Gasteiger partial charge >= 0.3 is 0 Å². The first-order valence-electron chi connectivity index (χ1n) is 7.65. The molecule has 0 heterocycles. The molecule has 0 aliphatic carbocycles. The number of hydrogen-bond acceptors (Lipinski definition) is 1. The monoisotopic (exact) mass is 267 g/mol. The molecule has 0 atom stereocenters. The highest BCUT2D eigenvalue weighted by Gasteiger charge is 1.95. The van der Waals surface area contributed by atoms with E-state index in [1.165, 1.54) is 36.0 Å². The van der Waals surface area contributed by atoms with Crippen LogP contribution in [0.25, 0.3) is 0 Å². The molecule has 1 nitrogen and oxygen atoms in total. The maximum atomic E-state index is 3.54. The lowest BCUT2D eigenvalue weighted by Gasteiger charge is -2.06. The molecule has 2 aromatic carbocycles. The molecule has 1 heteroatoms. The molecular weight excluding hydrogens is 242 g/mol. The van der Waals surface area contributed by atoms with Crippen molar-refractivity contribution in [1.82, 2.24) is 5.32 Å². The van der Waals surface area contributed by atoms with E-state index in [0.717, 1.165) is 19.5 Å². The average Bonchev–Trinajstić information content (AvgIpc) is 2.47. The SMILES string of the molecule is Cc1cccc(CCNCCCCc2ccccc2)c1. The number of rotatable bonds is 8. The normalized spacial score (nSPS) is 10.7. The minimum absolute atomic E-state index is 1.08.